The second kappa shape index (κ2) is 10.5. The van der Waals surface area contributed by atoms with Crippen molar-refractivity contribution < 1.29 is 17.9 Å². The van der Waals surface area contributed by atoms with Crippen LogP contribution in [-0.2, 0) is 21.2 Å². The maximum absolute atomic E-state index is 12.8. The third-order valence-corrected chi connectivity index (χ3v) is 7.22. The number of benzene rings is 2. The van der Waals surface area contributed by atoms with Crippen LogP contribution in [0.4, 0.5) is 0 Å². The van der Waals surface area contributed by atoms with Gasteiger partial charge in [-0.25, -0.2) is 13.1 Å². The van der Waals surface area contributed by atoms with Crippen LogP contribution in [0.1, 0.15) is 30.4 Å². The fourth-order valence-corrected chi connectivity index (χ4v) is 5.05. The van der Waals surface area contributed by atoms with Crippen LogP contribution in [0, 0.1) is 6.92 Å². The van der Waals surface area contributed by atoms with E-state index >= 15 is 0 Å². The van der Waals surface area contributed by atoms with Crippen molar-refractivity contribution in [3.8, 4) is 16.9 Å². The molecule has 0 radical (unpaired) electrons. The maximum Gasteiger partial charge on any atom is 0.233 e. The molecule has 1 fully saturated rings. The van der Waals surface area contributed by atoms with E-state index in [-0.39, 0.29) is 11.9 Å². The van der Waals surface area contributed by atoms with Crippen LogP contribution in [0.3, 0.4) is 0 Å². The van der Waals surface area contributed by atoms with E-state index in [1.165, 1.54) is 0 Å². The van der Waals surface area contributed by atoms with Gasteiger partial charge >= 0.3 is 0 Å². The number of aryl methyl sites for hydroxylation is 2. The Morgan fingerprint density at radius 2 is 1.94 bits per heavy atom. The van der Waals surface area contributed by atoms with Gasteiger partial charge in [-0.2, -0.15) is 0 Å². The Kier molecular flexibility index (Phi) is 7.98. The number of halogens is 1. The number of likely N-dealkylation sites (tertiary alicyclic amines) is 1. The lowest BCUT2D eigenvalue weighted by Gasteiger charge is -2.32. The number of ether oxygens (including phenoxy) is 1. The minimum Gasteiger partial charge on any atom is -0.496 e. The molecule has 1 N–H and O–H groups in total. The normalized spacial score (nSPS) is 14.9. The maximum atomic E-state index is 12.8. The van der Waals surface area contributed by atoms with Gasteiger partial charge in [0.1, 0.15) is 5.75 Å². The zero-order valence-corrected chi connectivity index (χ0v) is 20.0. The number of sulfonamides is 1. The molecule has 0 saturated carbocycles. The lowest BCUT2D eigenvalue weighted by Crippen LogP contribution is -2.46. The van der Waals surface area contributed by atoms with Gasteiger partial charge in [0, 0.05) is 36.5 Å². The zero-order valence-electron chi connectivity index (χ0n) is 18.4. The highest BCUT2D eigenvalue weighted by molar-refractivity contribution is 7.92. The highest BCUT2D eigenvalue weighted by atomic mass is 35.5. The van der Waals surface area contributed by atoms with Crippen LogP contribution in [0.2, 0.25) is 5.02 Å². The smallest absolute Gasteiger partial charge is 0.233 e. The quantitative estimate of drug-likeness (QED) is 0.616. The summed E-state index contributed by atoms with van der Waals surface area (Å²) >= 11 is 6.53. The van der Waals surface area contributed by atoms with Crippen LogP contribution in [0.5, 0.6) is 5.75 Å². The average Bonchev–Trinajstić information content (AvgIpc) is 2.78. The first kappa shape index (κ1) is 24.3. The van der Waals surface area contributed by atoms with Gasteiger partial charge in [0.25, 0.3) is 0 Å². The third kappa shape index (κ3) is 5.91. The Morgan fingerprint density at radius 1 is 1.25 bits per heavy atom. The Hall–Kier alpha value is -2.35. The lowest BCUT2D eigenvalue weighted by molar-refractivity contribution is -0.132. The molecule has 6 nitrogen and oxygen atoms in total. The standard InChI is InChI=1S/C24H29ClN2O4S/c1-4-32(29,30)26-19-11-13-27(14-12-19)24(28)10-9-18-15-21(22(25)16-23(18)31-3)20-8-6-5-7-17(20)2/h4-8,15-16,19,26H,1,9-14H2,2-3H3. The second-order valence-electron chi connectivity index (χ2n) is 7.94. The molecule has 0 atom stereocenters. The number of nitrogens with one attached hydrogen (secondary N) is 1. The molecule has 32 heavy (non-hydrogen) atoms. The van der Waals surface area contributed by atoms with Crippen LogP contribution in [0.15, 0.2) is 48.4 Å². The number of carbonyl (C=O) groups is 1. The predicted molar refractivity (Wildman–Crippen MR) is 128 cm³/mol. The van der Waals surface area contributed by atoms with Gasteiger partial charge < -0.3 is 9.64 Å². The molecule has 1 saturated heterocycles. The van der Waals surface area contributed by atoms with Crippen LogP contribution >= 0.6 is 11.6 Å². The van der Waals surface area contributed by atoms with E-state index in [1.807, 2.05) is 37.3 Å². The Bertz CT molecular complexity index is 1090. The number of methoxy groups -OCH3 is 1. The topological polar surface area (TPSA) is 75.7 Å². The number of piperidine rings is 1. The largest absolute Gasteiger partial charge is 0.496 e. The summed E-state index contributed by atoms with van der Waals surface area (Å²) in [5, 5.41) is 1.52. The van der Waals surface area contributed by atoms with E-state index in [1.54, 1.807) is 18.1 Å². The molecule has 1 aliphatic heterocycles. The highest BCUT2D eigenvalue weighted by Gasteiger charge is 2.25. The lowest BCUT2D eigenvalue weighted by atomic mass is 9.96. The van der Waals surface area contributed by atoms with E-state index in [0.717, 1.165) is 27.7 Å². The third-order valence-electron chi connectivity index (χ3n) is 5.81. The van der Waals surface area contributed by atoms with Gasteiger partial charge in [-0.1, -0.05) is 42.4 Å². The molecule has 1 heterocycles. The minimum atomic E-state index is -3.46. The molecule has 3 rings (SSSR count). The van der Waals surface area contributed by atoms with Gasteiger partial charge in [0.05, 0.1) is 12.1 Å². The van der Waals surface area contributed by atoms with Gasteiger partial charge in [-0.05, 0) is 55.0 Å². The molecule has 8 heteroatoms. The number of rotatable bonds is 8. The Balaban J connectivity index is 1.66. The molecular formula is C24H29ClN2O4S. The first-order valence-corrected chi connectivity index (χ1v) is 12.5. The van der Waals surface area contributed by atoms with Crippen molar-refractivity contribution in [2.75, 3.05) is 20.2 Å². The van der Waals surface area contributed by atoms with Crippen molar-refractivity contribution in [3.05, 3.63) is 64.5 Å². The fourth-order valence-electron chi connectivity index (χ4n) is 3.99. The van der Waals surface area contributed by atoms with Crippen molar-refractivity contribution >= 4 is 27.5 Å². The molecule has 0 unspecified atom stereocenters. The predicted octanol–water partition coefficient (Wildman–Crippen LogP) is 4.31. The van der Waals surface area contributed by atoms with Crippen molar-refractivity contribution in [1.29, 1.82) is 0 Å². The zero-order chi connectivity index (χ0) is 23.3. The molecular weight excluding hydrogens is 448 g/mol. The minimum absolute atomic E-state index is 0.0458. The summed E-state index contributed by atoms with van der Waals surface area (Å²) < 4.78 is 31.4. The number of amides is 1. The molecule has 172 valence electrons. The Labute approximate surface area is 195 Å². The van der Waals surface area contributed by atoms with E-state index < -0.39 is 10.0 Å². The van der Waals surface area contributed by atoms with Crippen LogP contribution < -0.4 is 9.46 Å². The average molecular weight is 477 g/mol. The summed E-state index contributed by atoms with van der Waals surface area (Å²) in [6.07, 6.45) is 2.04. The van der Waals surface area contributed by atoms with Crippen LogP contribution in [0.25, 0.3) is 11.1 Å². The summed E-state index contributed by atoms with van der Waals surface area (Å²) in [4.78, 5) is 14.6. The van der Waals surface area contributed by atoms with E-state index in [0.29, 0.717) is 49.5 Å². The van der Waals surface area contributed by atoms with Crippen molar-refractivity contribution in [1.82, 2.24) is 9.62 Å². The summed E-state index contributed by atoms with van der Waals surface area (Å²) in [5.41, 5.74) is 4.02. The monoisotopic (exact) mass is 476 g/mol. The molecule has 0 bridgehead atoms. The highest BCUT2D eigenvalue weighted by Crippen LogP contribution is 2.36. The first-order chi connectivity index (χ1) is 15.2. The summed E-state index contributed by atoms with van der Waals surface area (Å²) in [7, 11) is -1.86. The van der Waals surface area contributed by atoms with Crippen LogP contribution in [-0.4, -0.2) is 45.5 Å². The van der Waals surface area contributed by atoms with Gasteiger partial charge in [-0.15, -0.1) is 0 Å². The number of nitrogens with zero attached hydrogens (tertiary/aromatic N) is 1. The molecule has 0 spiro atoms. The number of hydrogen-bond donors (Lipinski definition) is 1. The van der Waals surface area contributed by atoms with Crippen molar-refractivity contribution in [3.63, 3.8) is 0 Å². The van der Waals surface area contributed by atoms with Gasteiger partial charge in [-0.3, -0.25) is 4.79 Å². The van der Waals surface area contributed by atoms with E-state index in [2.05, 4.69) is 11.3 Å². The second-order valence-corrected chi connectivity index (χ2v) is 10.0. The van der Waals surface area contributed by atoms with Gasteiger partial charge in [0.2, 0.25) is 15.9 Å². The SMILES string of the molecule is C=CS(=O)(=O)NC1CCN(C(=O)CCc2cc(-c3ccccc3C)c(Cl)cc2OC)CC1. The van der Waals surface area contributed by atoms with E-state index in [9.17, 15) is 13.2 Å². The van der Waals surface area contributed by atoms with Crippen molar-refractivity contribution in [2.45, 2.75) is 38.6 Å². The summed E-state index contributed by atoms with van der Waals surface area (Å²) in [6.45, 7) is 6.40. The van der Waals surface area contributed by atoms with Crippen molar-refractivity contribution in [2.24, 2.45) is 0 Å². The molecule has 0 aromatic heterocycles. The number of hydrogen-bond acceptors (Lipinski definition) is 4. The molecule has 0 aliphatic carbocycles. The first-order valence-electron chi connectivity index (χ1n) is 10.6. The number of carbonyl (C=O) groups excluding carboxylic acids is 1. The fraction of sp³-hybridized carbons (Fsp3) is 0.375. The molecule has 1 aliphatic rings. The summed E-state index contributed by atoms with van der Waals surface area (Å²) in [5.74, 6) is 0.710. The van der Waals surface area contributed by atoms with E-state index in [4.69, 9.17) is 16.3 Å². The molecule has 2 aromatic carbocycles. The molecule has 1 amide bonds. The van der Waals surface area contributed by atoms with Gasteiger partial charge in [0.15, 0.2) is 0 Å². The summed E-state index contributed by atoms with van der Waals surface area (Å²) in [6, 6.07) is 11.7. The molecule has 2 aromatic rings. The Morgan fingerprint density at radius 3 is 2.56 bits per heavy atom.